The fraction of sp³-hybridized carbons (Fsp3) is 0.222. The minimum Gasteiger partial charge on any atom is -0.339 e. The summed E-state index contributed by atoms with van der Waals surface area (Å²) in [7, 11) is -3.95. The van der Waals surface area contributed by atoms with Crippen LogP contribution in [0, 0.1) is 12.7 Å². The normalized spacial score (nSPS) is 14.3. The highest BCUT2D eigenvalue weighted by Crippen LogP contribution is 2.39. The van der Waals surface area contributed by atoms with E-state index in [0.717, 1.165) is 25.0 Å². The summed E-state index contributed by atoms with van der Waals surface area (Å²) >= 11 is 5.93. The van der Waals surface area contributed by atoms with Crippen LogP contribution in [0.3, 0.4) is 0 Å². The molecule has 0 amide bonds. The predicted molar refractivity (Wildman–Crippen MR) is 98.7 cm³/mol. The van der Waals surface area contributed by atoms with Gasteiger partial charge < -0.3 is 4.52 Å². The van der Waals surface area contributed by atoms with Gasteiger partial charge in [0.05, 0.1) is 15.6 Å². The van der Waals surface area contributed by atoms with Crippen molar-refractivity contribution in [1.82, 2.24) is 10.1 Å². The minimum absolute atomic E-state index is 0.0281. The number of nitrogens with zero attached hydrogens (tertiary/aromatic N) is 2. The second-order valence-electron chi connectivity index (χ2n) is 6.44. The summed E-state index contributed by atoms with van der Waals surface area (Å²) in [5, 5.41) is 3.92. The number of aromatic nitrogens is 2. The second kappa shape index (κ2) is 6.61. The molecule has 0 bridgehead atoms. The van der Waals surface area contributed by atoms with E-state index in [9.17, 15) is 12.8 Å². The van der Waals surface area contributed by atoms with Gasteiger partial charge in [-0.2, -0.15) is 4.98 Å². The molecule has 1 heterocycles. The van der Waals surface area contributed by atoms with Crippen LogP contribution in [-0.2, 0) is 10.0 Å². The Morgan fingerprint density at radius 3 is 2.70 bits per heavy atom. The van der Waals surface area contributed by atoms with Gasteiger partial charge in [-0.15, -0.1) is 0 Å². The summed E-state index contributed by atoms with van der Waals surface area (Å²) in [6.45, 7) is 1.68. The van der Waals surface area contributed by atoms with Crippen molar-refractivity contribution in [1.29, 1.82) is 0 Å². The van der Waals surface area contributed by atoms with Gasteiger partial charge in [-0.3, -0.25) is 4.72 Å². The topological polar surface area (TPSA) is 85.1 Å². The zero-order valence-corrected chi connectivity index (χ0v) is 15.8. The van der Waals surface area contributed by atoms with Crippen molar-refractivity contribution in [3.8, 4) is 11.4 Å². The van der Waals surface area contributed by atoms with Gasteiger partial charge in [0.15, 0.2) is 0 Å². The maximum atomic E-state index is 13.2. The first-order chi connectivity index (χ1) is 12.8. The molecule has 0 atom stereocenters. The number of halogens is 2. The molecule has 0 aliphatic heterocycles. The smallest absolute Gasteiger partial charge is 0.262 e. The third-order valence-corrected chi connectivity index (χ3v) is 6.10. The molecule has 1 fully saturated rings. The Bertz CT molecular complexity index is 1130. The summed E-state index contributed by atoms with van der Waals surface area (Å²) in [6, 6.07) is 8.34. The largest absolute Gasteiger partial charge is 0.339 e. The molecule has 6 nitrogen and oxygen atoms in total. The van der Waals surface area contributed by atoms with E-state index in [1.807, 2.05) is 0 Å². The number of nitrogens with one attached hydrogen (secondary N) is 1. The van der Waals surface area contributed by atoms with Crippen molar-refractivity contribution >= 4 is 27.3 Å². The molecule has 0 radical (unpaired) electrons. The molecule has 0 spiro atoms. The molecular weight excluding hydrogens is 393 g/mol. The van der Waals surface area contributed by atoms with Crippen LogP contribution in [0.2, 0.25) is 5.02 Å². The van der Waals surface area contributed by atoms with Crippen LogP contribution in [0.15, 0.2) is 45.8 Å². The van der Waals surface area contributed by atoms with Crippen LogP contribution < -0.4 is 4.72 Å². The van der Waals surface area contributed by atoms with Crippen molar-refractivity contribution in [2.45, 2.75) is 30.6 Å². The molecule has 1 aliphatic carbocycles. The van der Waals surface area contributed by atoms with Crippen molar-refractivity contribution in [3.63, 3.8) is 0 Å². The molecule has 4 rings (SSSR count). The van der Waals surface area contributed by atoms with Crippen molar-refractivity contribution in [2.24, 2.45) is 0 Å². The monoisotopic (exact) mass is 407 g/mol. The molecule has 1 N–H and O–H groups in total. The maximum absolute atomic E-state index is 13.2. The molecule has 0 unspecified atom stereocenters. The molecule has 1 saturated carbocycles. The van der Waals surface area contributed by atoms with Gasteiger partial charge in [0, 0.05) is 11.5 Å². The summed E-state index contributed by atoms with van der Waals surface area (Å²) < 4.78 is 46.5. The Hall–Kier alpha value is -2.45. The fourth-order valence-corrected chi connectivity index (χ4v) is 4.27. The van der Waals surface area contributed by atoms with E-state index >= 15 is 0 Å². The fourth-order valence-electron chi connectivity index (χ4n) is 2.65. The second-order valence-corrected chi connectivity index (χ2v) is 8.50. The van der Waals surface area contributed by atoms with Crippen molar-refractivity contribution in [2.75, 3.05) is 4.72 Å². The first kappa shape index (κ1) is 17.9. The molecule has 140 valence electrons. The van der Waals surface area contributed by atoms with Gasteiger partial charge in [0.1, 0.15) is 5.82 Å². The van der Waals surface area contributed by atoms with E-state index < -0.39 is 15.8 Å². The molecule has 1 aliphatic rings. The average molecular weight is 408 g/mol. The maximum Gasteiger partial charge on any atom is 0.262 e. The molecular formula is C18H15ClFN3O3S. The molecule has 2 aromatic carbocycles. The lowest BCUT2D eigenvalue weighted by Gasteiger charge is -2.12. The van der Waals surface area contributed by atoms with Crippen LogP contribution in [0.4, 0.5) is 10.1 Å². The van der Waals surface area contributed by atoms with E-state index in [-0.39, 0.29) is 15.6 Å². The summed E-state index contributed by atoms with van der Waals surface area (Å²) in [5.41, 5.74) is 1.16. The summed E-state index contributed by atoms with van der Waals surface area (Å²) in [5.74, 6) is 0.672. The van der Waals surface area contributed by atoms with Crippen LogP contribution >= 0.6 is 11.6 Å². The number of rotatable bonds is 5. The van der Waals surface area contributed by atoms with E-state index in [2.05, 4.69) is 14.9 Å². The van der Waals surface area contributed by atoms with E-state index in [1.165, 1.54) is 12.1 Å². The van der Waals surface area contributed by atoms with Crippen molar-refractivity contribution in [3.05, 3.63) is 58.7 Å². The van der Waals surface area contributed by atoms with E-state index in [4.69, 9.17) is 16.1 Å². The third-order valence-electron chi connectivity index (χ3n) is 4.28. The van der Waals surface area contributed by atoms with Crippen LogP contribution in [0.1, 0.15) is 30.2 Å². The quantitative estimate of drug-likeness (QED) is 0.672. The van der Waals surface area contributed by atoms with E-state index in [1.54, 1.807) is 19.1 Å². The number of benzene rings is 2. The Labute approximate surface area is 160 Å². The lowest BCUT2D eigenvalue weighted by Crippen LogP contribution is -2.14. The highest BCUT2D eigenvalue weighted by atomic mass is 35.5. The predicted octanol–water partition coefficient (Wildman–Crippen LogP) is 4.52. The summed E-state index contributed by atoms with van der Waals surface area (Å²) in [4.78, 5) is 4.40. The molecule has 1 aromatic heterocycles. The van der Waals surface area contributed by atoms with Gasteiger partial charge >= 0.3 is 0 Å². The SMILES string of the molecule is Cc1ccc(-c2noc(C3CC3)n2)cc1S(=O)(=O)Nc1ccc(F)cc1Cl. The third kappa shape index (κ3) is 3.68. The number of hydrogen-bond acceptors (Lipinski definition) is 5. The Morgan fingerprint density at radius 2 is 2.00 bits per heavy atom. The molecule has 0 saturated heterocycles. The highest BCUT2D eigenvalue weighted by molar-refractivity contribution is 7.92. The minimum atomic E-state index is -3.95. The molecule has 27 heavy (non-hydrogen) atoms. The molecule has 3 aromatic rings. The van der Waals surface area contributed by atoms with Crippen molar-refractivity contribution < 1.29 is 17.3 Å². The highest BCUT2D eigenvalue weighted by Gasteiger charge is 2.30. The first-order valence-corrected chi connectivity index (χ1v) is 10.1. The van der Waals surface area contributed by atoms with Gasteiger partial charge in [0.25, 0.3) is 10.0 Å². The van der Waals surface area contributed by atoms with Gasteiger partial charge in [-0.05, 0) is 49.6 Å². The number of hydrogen-bond donors (Lipinski definition) is 1. The summed E-state index contributed by atoms with van der Waals surface area (Å²) in [6.07, 6.45) is 2.05. The average Bonchev–Trinajstić information content (AvgIpc) is 3.35. The lowest BCUT2D eigenvalue weighted by atomic mass is 10.1. The van der Waals surface area contributed by atoms with Crippen LogP contribution in [0.25, 0.3) is 11.4 Å². The zero-order valence-electron chi connectivity index (χ0n) is 14.2. The molecule has 9 heteroatoms. The Balaban J connectivity index is 1.68. The van der Waals surface area contributed by atoms with Crippen LogP contribution in [0.5, 0.6) is 0 Å². The standard InChI is InChI=1S/C18H15ClFN3O3S/c1-10-2-3-12(17-21-18(26-22-17)11-4-5-11)8-16(10)27(24,25)23-15-7-6-13(20)9-14(15)19/h2-3,6-9,11,23H,4-5H2,1H3. The number of aryl methyl sites for hydroxylation is 1. The van der Waals surface area contributed by atoms with Crippen LogP contribution in [-0.4, -0.2) is 18.6 Å². The lowest BCUT2D eigenvalue weighted by molar-refractivity contribution is 0.380. The first-order valence-electron chi connectivity index (χ1n) is 8.26. The Kier molecular flexibility index (Phi) is 4.39. The van der Waals surface area contributed by atoms with E-state index in [0.29, 0.717) is 28.8 Å². The number of sulfonamides is 1. The zero-order chi connectivity index (χ0) is 19.2. The van der Waals surface area contributed by atoms with Gasteiger partial charge in [0.2, 0.25) is 11.7 Å². The Morgan fingerprint density at radius 1 is 1.22 bits per heavy atom. The number of anilines is 1. The van der Waals surface area contributed by atoms with Gasteiger partial charge in [-0.1, -0.05) is 28.9 Å². The van der Waals surface area contributed by atoms with Gasteiger partial charge in [-0.25, -0.2) is 12.8 Å².